The summed E-state index contributed by atoms with van der Waals surface area (Å²) in [7, 11) is 0. The fourth-order valence-corrected chi connectivity index (χ4v) is 3.11. The summed E-state index contributed by atoms with van der Waals surface area (Å²) in [6.45, 7) is 4.50. The highest BCUT2D eigenvalue weighted by atomic mass is 35.5. The Morgan fingerprint density at radius 2 is 1.67 bits per heavy atom. The first-order valence-corrected chi connectivity index (χ1v) is 9.30. The highest BCUT2D eigenvalue weighted by Crippen LogP contribution is 2.17. The Morgan fingerprint density at radius 1 is 1.00 bits per heavy atom. The number of carbonyl (C=O) groups is 1. The Hall–Kier alpha value is -2.08. The zero-order chi connectivity index (χ0) is 18.2. The third-order valence-electron chi connectivity index (χ3n) is 4.69. The molecule has 0 saturated carbocycles. The number of ether oxygens (including phenoxy) is 1. The van der Waals surface area contributed by atoms with E-state index in [2.05, 4.69) is 10.2 Å². The maximum atomic E-state index is 12.3. The highest BCUT2D eigenvalue weighted by Gasteiger charge is 2.10. The molecule has 2 aromatic rings. The van der Waals surface area contributed by atoms with Crippen LogP contribution in [0, 0.1) is 0 Å². The number of nitrogens with zero attached hydrogens (tertiary/aromatic N) is 1. The van der Waals surface area contributed by atoms with Gasteiger partial charge in [-0.25, -0.2) is 0 Å². The molecule has 3 rings (SSSR count). The van der Waals surface area contributed by atoms with Crippen LogP contribution in [-0.4, -0.2) is 37.0 Å². The Kier molecular flexibility index (Phi) is 8.58. The van der Waals surface area contributed by atoms with E-state index in [4.69, 9.17) is 10.5 Å². The average Bonchev–Trinajstić information content (AvgIpc) is 2.70. The SMILES string of the molecule is Cl.NCc1ccc(C(=O)Nc2ccc(OCCN3CCCCC3)cc2)cc1. The van der Waals surface area contributed by atoms with Gasteiger partial charge in [0.25, 0.3) is 5.91 Å². The van der Waals surface area contributed by atoms with Crippen molar-refractivity contribution in [1.29, 1.82) is 0 Å². The van der Waals surface area contributed by atoms with Crippen LogP contribution < -0.4 is 15.8 Å². The molecule has 2 aromatic carbocycles. The maximum absolute atomic E-state index is 12.3. The first-order chi connectivity index (χ1) is 12.7. The molecule has 0 aliphatic carbocycles. The van der Waals surface area contributed by atoms with Crippen molar-refractivity contribution in [2.75, 3.05) is 31.6 Å². The summed E-state index contributed by atoms with van der Waals surface area (Å²) in [4.78, 5) is 14.7. The molecular weight excluding hydrogens is 362 g/mol. The fraction of sp³-hybridized carbons (Fsp3) is 0.381. The molecule has 0 bridgehead atoms. The summed E-state index contributed by atoms with van der Waals surface area (Å²) in [6, 6.07) is 14.8. The van der Waals surface area contributed by atoms with Crippen LogP contribution in [-0.2, 0) is 6.54 Å². The number of anilines is 1. The monoisotopic (exact) mass is 389 g/mol. The second-order valence-corrected chi connectivity index (χ2v) is 6.63. The Bertz CT molecular complexity index is 698. The lowest BCUT2D eigenvalue weighted by Crippen LogP contribution is -2.33. The van der Waals surface area contributed by atoms with Gasteiger partial charge in [0, 0.05) is 24.3 Å². The number of nitrogens with one attached hydrogen (secondary N) is 1. The van der Waals surface area contributed by atoms with Gasteiger partial charge in [-0.2, -0.15) is 0 Å². The van der Waals surface area contributed by atoms with Crippen LogP contribution in [0.4, 0.5) is 5.69 Å². The molecule has 1 saturated heterocycles. The van der Waals surface area contributed by atoms with Crippen molar-refractivity contribution in [2.24, 2.45) is 5.73 Å². The predicted octanol–water partition coefficient (Wildman–Crippen LogP) is 3.68. The van der Waals surface area contributed by atoms with Gasteiger partial charge >= 0.3 is 0 Å². The number of hydrogen-bond acceptors (Lipinski definition) is 4. The van der Waals surface area contributed by atoms with E-state index in [0.29, 0.717) is 18.7 Å². The average molecular weight is 390 g/mol. The molecule has 1 fully saturated rings. The molecular formula is C21H28ClN3O2. The Labute approximate surface area is 167 Å². The van der Waals surface area contributed by atoms with Crippen LogP contribution >= 0.6 is 12.4 Å². The molecule has 0 unspecified atom stereocenters. The van der Waals surface area contributed by atoms with E-state index in [-0.39, 0.29) is 18.3 Å². The van der Waals surface area contributed by atoms with Crippen LogP contribution in [0.1, 0.15) is 35.2 Å². The van der Waals surface area contributed by atoms with Gasteiger partial charge in [0.05, 0.1) is 0 Å². The second kappa shape index (κ2) is 10.9. The van der Waals surface area contributed by atoms with Crippen molar-refractivity contribution < 1.29 is 9.53 Å². The van der Waals surface area contributed by atoms with Crippen molar-refractivity contribution in [3.8, 4) is 5.75 Å². The number of carbonyl (C=O) groups excluding carboxylic acids is 1. The molecule has 0 spiro atoms. The number of rotatable bonds is 7. The predicted molar refractivity (Wildman–Crippen MR) is 112 cm³/mol. The minimum Gasteiger partial charge on any atom is -0.492 e. The molecule has 5 nitrogen and oxygen atoms in total. The van der Waals surface area contributed by atoms with Crippen molar-refractivity contribution in [3.63, 3.8) is 0 Å². The van der Waals surface area contributed by atoms with Gasteiger partial charge < -0.3 is 15.8 Å². The molecule has 1 heterocycles. The van der Waals surface area contributed by atoms with Crippen LogP contribution in [0.2, 0.25) is 0 Å². The topological polar surface area (TPSA) is 67.6 Å². The number of nitrogens with two attached hydrogens (primary N) is 1. The lowest BCUT2D eigenvalue weighted by atomic mass is 10.1. The smallest absolute Gasteiger partial charge is 0.255 e. The van der Waals surface area contributed by atoms with Gasteiger partial charge in [0.2, 0.25) is 0 Å². The van der Waals surface area contributed by atoms with E-state index >= 15 is 0 Å². The number of benzene rings is 2. The first kappa shape index (κ1) is 21.2. The van der Waals surface area contributed by atoms with E-state index in [1.54, 1.807) is 12.1 Å². The summed E-state index contributed by atoms with van der Waals surface area (Å²) >= 11 is 0. The van der Waals surface area contributed by atoms with Crippen molar-refractivity contribution in [3.05, 3.63) is 59.7 Å². The van der Waals surface area contributed by atoms with Crippen LogP contribution in [0.5, 0.6) is 5.75 Å². The molecule has 1 aliphatic heterocycles. The fourth-order valence-electron chi connectivity index (χ4n) is 3.11. The van der Waals surface area contributed by atoms with Gasteiger partial charge in [0.1, 0.15) is 12.4 Å². The minimum atomic E-state index is -0.132. The number of halogens is 1. The molecule has 3 N–H and O–H groups in total. The molecule has 146 valence electrons. The van der Waals surface area contributed by atoms with Crippen molar-refractivity contribution in [1.82, 2.24) is 4.90 Å². The molecule has 0 aromatic heterocycles. The summed E-state index contributed by atoms with van der Waals surface area (Å²) in [5.74, 6) is 0.694. The molecule has 0 radical (unpaired) electrons. The zero-order valence-corrected chi connectivity index (χ0v) is 16.3. The number of likely N-dealkylation sites (tertiary alicyclic amines) is 1. The van der Waals surface area contributed by atoms with E-state index in [1.807, 2.05) is 36.4 Å². The van der Waals surface area contributed by atoms with Gasteiger partial charge in [-0.1, -0.05) is 18.6 Å². The van der Waals surface area contributed by atoms with Crippen molar-refractivity contribution >= 4 is 24.0 Å². The summed E-state index contributed by atoms with van der Waals surface area (Å²) in [5, 5.41) is 2.90. The molecule has 1 aliphatic rings. The maximum Gasteiger partial charge on any atom is 0.255 e. The zero-order valence-electron chi connectivity index (χ0n) is 15.5. The van der Waals surface area contributed by atoms with Gasteiger partial charge in [-0.3, -0.25) is 9.69 Å². The van der Waals surface area contributed by atoms with Gasteiger partial charge in [-0.15, -0.1) is 12.4 Å². The van der Waals surface area contributed by atoms with Crippen LogP contribution in [0.15, 0.2) is 48.5 Å². The molecule has 6 heteroatoms. The number of piperidine rings is 1. The summed E-state index contributed by atoms with van der Waals surface area (Å²) in [5.41, 5.74) is 7.95. The molecule has 1 amide bonds. The van der Waals surface area contributed by atoms with E-state index in [1.165, 1.54) is 32.4 Å². The van der Waals surface area contributed by atoms with E-state index < -0.39 is 0 Å². The third kappa shape index (κ3) is 6.54. The van der Waals surface area contributed by atoms with Crippen molar-refractivity contribution in [2.45, 2.75) is 25.8 Å². The number of amides is 1. The summed E-state index contributed by atoms with van der Waals surface area (Å²) < 4.78 is 5.81. The van der Waals surface area contributed by atoms with E-state index in [9.17, 15) is 4.79 Å². The lowest BCUT2D eigenvalue weighted by molar-refractivity contribution is 0.102. The highest BCUT2D eigenvalue weighted by molar-refractivity contribution is 6.04. The Morgan fingerprint density at radius 3 is 2.30 bits per heavy atom. The Balaban J connectivity index is 0.00000261. The van der Waals surface area contributed by atoms with Crippen LogP contribution in [0.25, 0.3) is 0 Å². The van der Waals surface area contributed by atoms with Crippen LogP contribution in [0.3, 0.4) is 0 Å². The standard InChI is InChI=1S/C21H27N3O2.ClH/c22-16-17-4-6-18(7-5-17)21(25)23-19-8-10-20(11-9-19)26-15-14-24-12-2-1-3-13-24;/h4-11H,1-3,12-16,22H2,(H,23,25);1H. The van der Waals surface area contributed by atoms with E-state index in [0.717, 1.165) is 23.5 Å². The quantitative estimate of drug-likeness (QED) is 0.757. The first-order valence-electron chi connectivity index (χ1n) is 9.30. The summed E-state index contributed by atoms with van der Waals surface area (Å²) in [6.07, 6.45) is 3.94. The minimum absolute atomic E-state index is 0. The largest absolute Gasteiger partial charge is 0.492 e. The number of hydrogen-bond donors (Lipinski definition) is 2. The molecule has 0 atom stereocenters. The lowest BCUT2D eigenvalue weighted by Gasteiger charge is -2.26. The molecule has 27 heavy (non-hydrogen) atoms. The van der Waals surface area contributed by atoms with Gasteiger partial charge in [0.15, 0.2) is 0 Å². The van der Waals surface area contributed by atoms with Gasteiger partial charge in [-0.05, 0) is 67.9 Å². The third-order valence-corrected chi connectivity index (χ3v) is 4.69. The second-order valence-electron chi connectivity index (χ2n) is 6.63. The normalized spacial score (nSPS) is 14.3.